The molecule has 0 bridgehead atoms. The molecule has 0 amide bonds. The molecule has 1 N–H and O–H groups in total. The highest BCUT2D eigenvalue weighted by atomic mass is 19.4. The maximum atomic E-state index is 11.9. The van der Waals surface area contributed by atoms with Crippen molar-refractivity contribution in [1.29, 1.82) is 0 Å². The van der Waals surface area contributed by atoms with Gasteiger partial charge >= 0.3 is 6.18 Å². The number of anilines is 1. The Morgan fingerprint density at radius 1 is 1.41 bits per heavy atom. The minimum Gasteiger partial charge on any atom is -0.384 e. The van der Waals surface area contributed by atoms with Crippen molar-refractivity contribution < 1.29 is 18.1 Å². The van der Waals surface area contributed by atoms with E-state index in [1.807, 2.05) is 0 Å². The molecule has 0 spiro atoms. The van der Waals surface area contributed by atoms with E-state index in [-0.39, 0.29) is 12.2 Å². The highest BCUT2D eigenvalue weighted by Crippen LogP contribution is 2.26. The molecule has 4 nitrogen and oxygen atoms in total. The Hall–Kier alpha value is -1.79. The van der Waals surface area contributed by atoms with Gasteiger partial charge < -0.3 is 5.32 Å². The smallest absolute Gasteiger partial charge is 0.384 e. The van der Waals surface area contributed by atoms with Crippen LogP contribution in [-0.2, 0) is 0 Å². The molecule has 0 aliphatic carbocycles. The molecule has 1 aromatic carbocycles. The predicted octanol–water partition coefficient (Wildman–Crippen LogP) is 3.27. The van der Waals surface area contributed by atoms with Crippen molar-refractivity contribution in [2.75, 3.05) is 11.9 Å². The Morgan fingerprint density at radius 2 is 2.06 bits per heavy atom. The van der Waals surface area contributed by atoms with Gasteiger partial charge in [-0.15, -0.1) is 0 Å². The fraction of sp³-hybridized carbons (Fsp3) is 0.400. The van der Waals surface area contributed by atoms with Gasteiger partial charge in [0.25, 0.3) is 5.69 Å². The van der Waals surface area contributed by atoms with E-state index in [9.17, 15) is 23.3 Å². The Kier molecular flexibility index (Phi) is 3.93. The summed E-state index contributed by atoms with van der Waals surface area (Å²) in [5, 5.41) is 13.1. The van der Waals surface area contributed by atoms with Crippen LogP contribution in [0.1, 0.15) is 12.0 Å². The lowest BCUT2D eigenvalue weighted by molar-refractivity contribution is -0.385. The van der Waals surface area contributed by atoms with E-state index in [4.69, 9.17) is 0 Å². The zero-order chi connectivity index (χ0) is 13.1. The van der Waals surface area contributed by atoms with Gasteiger partial charge in [-0.2, -0.15) is 13.2 Å². The van der Waals surface area contributed by atoms with Crippen molar-refractivity contribution >= 4 is 11.4 Å². The molecular formula is C10H11F3N2O2. The lowest BCUT2D eigenvalue weighted by Crippen LogP contribution is -2.15. The van der Waals surface area contributed by atoms with E-state index in [2.05, 4.69) is 5.32 Å². The third-order valence-electron chi connectivity index (χ3n) is 2.23. The summed E-state index contributed by atoms with van der Waals surface area (Å²) in [5.41, 5.74) is 0.574. The Labute approximate surface area is 95.6 Å². The Morgan fingerprint density at radius 3 is 2.59 bits per heavy atom. The summed E-state index contributed by atoms with van der Waals surface area (Å²) in [4.78, 5) is 10.0. The monoisotopic (exact) mass is 248 g/mol. The lowest BCUT2D eigenvalue weighted by Gasteiger charge is -2.11. The summed E-state index contributed by atoms with van der Waals surface area (Å²) in [6.45, 7) is 1.19. The normalized spacial score (nSPS) is 11.3. The molecule has 0 saturated carbocycles. The molecule has 0 radical (unpaired) electrons. The van der Waals surface area contributed by atoms with Crippen LogP contribution < -0.4 is 5.32 Å². The minimum absolute atomic E-state index is 0.109. The van der Waals surface area contributed by atoms with Crippen LogP contribution in [-0.4, -0.2) is 17.6 Å². The first-order valence-corrected chi connectivity index (χ1v) is 4.86. The highest BCUT2D eigenvalue weighted by molar-refractivity contribution is 5.59. The van der Waals surface area contributed by atoms with Gasteiger partial charge in [-0.1, -0.05) is 6.07 Å². The molecule has 0 unspecified atom stereocenters. The van der Waals surface area contributed by atoms with E-state index < -0.39 is 17.5 Å². The van der Waals surface area contributed by atoms with Gasteiger partial charge in [-0.3, -0.25) is 10.1 Å². The van der Waals surface area contributed by atoms with Crippen LogP contribution in [0.2, 0.25) is 0 Å². The van der Waals surface area contributed by atoms with Gasteiger partial charge in [0.05, 0.1) is 11.3 Å². The average molecular weight is 248 g/mol. The van der Waals surface area contributed by atoms with Crippen molar-refractivity contribution in [3.63, 3.8) is 0 Å². The number of nitro benzene ring substituents is 1. The van der Waals surface area contributed by atoms with Crippen LogP contribution in [0.4, 0.5) is 24.5 Å². The van der Waals surface area contributed by atoms with Gasteiger partial charge in [0.1, 0.15) is 0 Å². The fourth-order valence-electron chi connectivity index (χ4n) is 1.35. The summed E-state index contributed by atoms with van der Waals surface area (Å²) < 4.78 is 35.8. The third-order valence-corrected chi connectivity index (χ3v) is 2.23. The van der Waals surface area contributed by atoms with Crippen LogP contribution in [0.3, 0.4) is 0 Å². The molecule has 1 rings (SSSR count). The topological polar surface area (TPSA) is 55.2 Å². The van der Waals surface area contributed by atoms with Gasteiger partial charge in [-0.05, 0) is 13.0 Å². The van der Waals surface area contributed by atoms with Gasteiger partial charge in [0.15, 0.2) is 0 Å². The maximum Gasteiger partial charge on any atom is 0.390 e. The molecule has 0 aromatic heterocycles. The number of nitro groups is 1. The standard InChI is InChI=1S/C10H11F3N2O2/c1-7-8(14-6-5-10(11,12)13)3-2-4-9(7)15(16)17/h2-4,14H,5-6H2,1H3. The summed E-state index contributed by atoms with van der Waals surface area (Å²) >= 11 is 0. The maximum absolute atomic E-state index is 11.9. The molecule has 0 aliphatic rings. The summed E-state index contributed by atoms with van der Waals surface area (Å²) in [5.74, 6) is 0. The second-order valence-electron chi connectivity index (χ2n) is 3.50. The zero-order valence-corrected chi connectivity index (χ0v) is 9.04. The van der Waals surface area contributed by atoms with E-state index >= 15 is 0 Å². The number of hydrogen-bond donors (Lipinski definition) is 1. The van der Waals surface area contributed by atoms with Gasteiger partial charge in [-0.25, -0.2) is 0 Å². The number of nitrogens with zero attached hydrogens (tertiary/aromatic N) is 1. The highest BCUT2D eigenvalue weighted by Gasteiger charge is 2.26. The van der Waals surface area contributed by atoms with Gasteiger partial charge in [0.2, 0.25) is 0 Å². The average Bonchev–Trinajstić information content (AvgIpc) is 2.18. The lowest BCUT2D eigenvalue weighted by atomic mass is 10.1. The summed E-state index contributed by atoms with van der Waals surface area (Å²) in [6, 6.07) is 4.25. The number of alkyl halides is 3. The number of nitrogens with one attached hydrogen (secondary N) is 1. The van der Waals surface area contributed by atoms with Gasteiger partial charge in [0, 0.05) is 23.9 Å². The van der Waals surface area contributed by atoms with E-state index in [1.165, 1.54) is 25.1 Å². The number of benzene rings is 1. The molecule has 7 heteroatoms. The molecule has 0 fully saturated rings. The number of hydrogen-bond acceptors (Lipinski definition) is 3. The zero-order valence-electron chi connectivity index (χ0n) is 9.04. The number of halogens is 3. The second kappa shape index (κ2) is 5.03. The molecule has 0 aliphatic heterocycles. The number of rotatable bonds is 4. The van der Waals surface area contributed by atoms with E-state index in [1.54, 1.807) is 0 Å². The first kappa shape index (κ1) is 13.3. The largest absolute Gasteiger partial charge is 0.390 e. The van der Waals surface area contributed by atoms with Crippen LogP contribution in [0.15, 0.2) is 18.2 Å². The van der Waals surface area contributed by atoms with Crippen molar-refractivity contribution in [2.45, 2.75) is 19.5 Å². The molecule has 94 valence electrons. The van der Waals surface area contributed by atoms with Crippen molar-refractivity contribution in [2.24, 2.45) is 0 Å². The second-order valence-corrected chi connectivity index (χ2v) is 3.50. The molecule has 0 heterocycles. The van der Waals surface area contributed by atoms with Crippen LogP contribution >= 0.6 is 0 Å². The Balaban J connectivity index is 2.72. The summed E-state index contributed by atoms with van der Waals surface area (Å²) in [6.07, 6.45) is -5.21. The predicted molar refractivity (Wildman–Crippen MR) is 57.0 cm³/mol. The molecule has 0 atom stereocenters. The van der Waals surface area contributed by atoms with Crippen molar-refractivity contribution in [1.82, 2.24) is 0 Å². The molecule has 0 saturated heterocycles. The first-order valence-electron chi connectivity index (χ1n) is 4.86. The van der Waals surface area contributed by atoms with Crippen molar-refractivity contribution in [3.8, 4) is 0 Å². The summed E-state index contributed by atoms with van der Waals surface area (Å²) in [7, 11) is 0. The molecule has 1 aromatic rings. The first-order chi connectivity index (χ1) is 7.81. The minimum atomic E-state index is -4.23. The fourth-order valence-corrected chi connectivity index (χ4v) is 1.35. The van der Waals surface area contributed by atoms with E-state index in [0.717, 1.165) is 0 Å². The molecule has 17 heavy (non-hydrogen) atoms. The van der Waals surface area contributed by atoms with Crippen LogP contribution in [0, 0.1) is 17.0 Å². The Bertz CT molecular complexity index is 419. The SMILES string of the molecule is Cc1c(NCCC(F)(F)F)cccc1[N+](=O)[O-]. The van der Waals surface area contributed by atoms with Crippen molar-refractivity contribution in [3.05, 3.63) is 33.9 Å². The van der Waals surface area contributed by atoms with Crippen LogP contribution in [0.5, 0.6) is 0 Å². The molecular weight excluding hydrogens is 237 g/mol. The third kappa shape index (κ3) is 3.93. The van der Waals surface area contributed by atoms with E-state index in [0.29, 0.717) is 11.3 Å². The van der Waals surface area contributed by atoms with Crippen LogP contribution in [0.25, 0.3) is 0 Å². The quantitative estimate of drug-likeness (QED) is 0.657.